The Labute approximate surface area is 172 Å². The molecule has 2 aromatic carbocycles. The maximum absolute atomic E-state index is 13.3. The lowest BCUT2D eigenvalue weighted by Gasteiger charge is -2.28. The predicted molar refractivity (Wildman–Crippen MR) is 105 cm³/mol. The fourth-order valence-corrected chi connectivity index (χ4v) is 4.49. The van der Waals surface area contributed by atoms with Gasteiger partial charge in [-0.15, -0.1) is 0 Å². The maximum atomic E-state index is 13.3. The van der Waals surface area contributed by atoms with Crippen molar-refractivity contribution in [3.8, 4) is 22.6 Å². The molecule has 30 heavy (non-hydrogen) atoms. The van der Waals surface area contributed by atoms with Crippen molar-refractivity contribution in [3.63, 3.8) is 0 Å². The summed E-state index contributed by atoms with van der Waals surface area (Å²) in [6.45, 7) is 5.21. The number of benzene rings is 2. The number of phenols is 2. The molecule has 1 saturated heterocycles. The SMILES string of the molecule is CC[C@@H](C)C(=O)O[C@@H]1c2c(cc(O)c3c2C(=O)c2cccc(O)c2-3)C(=O)[C@@]2(C)O[C@@H]12. The molecule has 154 valence electrons. The second-order valence-corrected chi connectivity index (χ2v) is 8.28. The highest BCUT2D eigenvalue weighted by Gasteiger charge is 2.68. The first-order valence-electron chi connectivity index (χ1n) is 9.90. The first kappa shape index (κ1) is 18.8. The molecule has 0 radical (unpaired) electrons. The van der Waals surface area contributed by atoms with E-state index >= 15 is 0 Å². The predicted octanol–water partition coefficient (Wildman–Crippen LogP) is 3.29. The van der Waals surface area contributed by atoms with Gasteiger partial charge < -0.3 is 19.7 Å². The van der Waals surface area contributed by atoms with Gasteiger partial charge in [-0.05, 0) is 25.5 Å². The molecule has 2 N–H and O–H groups in total. The molecule has 7 nitrogen and oxygen atoms in total. The lowest BCUT2D eigenvalue weighted by molar-refractivity contribution is -0.155. The number of aromatic hydroxyl groups is 2. The van der Waals surface area contributed by atoms with Crippen LogP contribution >= 0.6 is 0 Å². The number of ether oxygens (including phenoxy) is 2. The van der Waals surface area contributed by atoms with Crippen LogP contribution in [0.25, 0.3) is 11.1 Å². The summed E-state index contributed by atoms with van der Waals surface area (Å²) in [5, 5.41) is 21.1. The summed E-state index contributed by atoms with van der Waals surface area (Å²) >= 11 is 0. The summed E-state index contributed by atoms with van der Waals surface area (Å²) in [6.07, 6.45) is -1.09. The summed E-state index contributed by atoms with van der Waals surface area (Å²) in [7, 11) is 0. The number of hydrogen-bond donors (Lipinski definition) is 2. The highest BCUT2D eigenvalue weighted by molar-refractivity contribution is 6.26. The zero-order valence-electron chi connectivity index (χ0n) is 16.7. The third-order valence-electron chi connectivity index (χ3n) is 6.48. The van der Waals surface area contributed by atoms with Gasteiger partial charge in [0.15, 0.2) is 23.3 Å². The van der Waals surface area contributed by atoms with Crippen LogP contribution in [0.4, 0.5) is 0 Å². The Bertz CT molecular complexity index is 1160. The third kappa shape index (κ3) is 2.21. The third-order valence-corrected chi connectivity index (χ3v) is 6.48. The highest BCUT2D eigenvalue weighted by atomic mass is 16.6. The standard InChI is InChI=1S/C23H20O7/c1-4-9(2)22(28)29-19-15-11(20(27)23(3)21(19)30-23)8-13(25)16-14-10(18(26)17(15)16)6-5-7-12(14)24/h5-9,19,21,24-25H,4H2,1-3H3/t9-,19-,21+,23-/m1/s1. The van der Waals surface area contributed by atoms with Crippen molar-refractivity contribution in [1.82, 2.24) is 0 Å². The Balaban J connectivity index is 1.76. The van der Waals surface area contributed by atoms with E-state index in [4.69, 9.17) is 9.47 Å². The number of rotatable bonds is 3. The van der Waals surface area contributed by atoms with Gasteiger partial charge >= 0.3 is 5.97 Å². The zero-order valence-corrected chi connectivity index (χ0v) is 16.7. The Morgan fingerprint density at radius 3 is 2.60 bits per heavy atom. The Hall–Kier alpha value is -3.19. The molecule has 2 aliphatic carbocycles. The zero-order chi connectivity index (χ0) is 21.5. The van der Waals surface area contributed by atoms with Crippen LogP contribution in [0.1, 0.15) is 65.1 Å². The second kappa shape index (κ2) is 5.92. The van der Waals surface area contributed by atoms with Crippen molar-refractivity contribution in [2.45, 2.75) is 45.0 Å². The van der Waals surface area contributed by atoms with Crippen molar-refractivity contribution in [2.75, 3.05) is 0 Å². The first-order chi connectivity index (χ1) is 14.2. The summed E-state index contributed by atoms with van der Waals surface area (Å²) < 4.78 is 11.4. The number of epoxide rings is 1. The lowest BCUT2D eigenvalue weighted by Crippen LogP contribution is -2.36. The van der Waals surface area contributed by atoms with Gasteiger partial charge in [0.25, 0.3) is 0 Å². The Kier molecular flexibility index (Phi) is 3.71. The van der Waals surface area contributed by atoms with E-state index in [-0.39, 0.29) is 56.6 Å². The van der Waals surface area contributed by atoms with Gasteiger partial charge in [0, 0.05) is 33.4 Å². The molecule has 3 aliphatic rings. The van der Waals surface area contributed by atoms with E-state index in [0.29, 0.717) is 6.42 Å². The number of esters is 1. The number of Topliss-reactive ketones (excluding diaryl/α,β-unsaturated/α-hetero) is 1. The molecule has 4 atom stereocenters. The smallest absolute Gasteiger partial charge is 0.309 e. The van der Waals surface area contributed by atoms with E-state index in [9.17, 15) is 24.6 Å². The Morgan fingerprint density at radius 2 is 1.90 bits per heavy atom. The number of carbonyl (C=O) groups is 3. The summed E-state index contributed by atoms with van der Waals surface area (Å²) in [5.41, 5.74) is -0.163. The van der Waals surface area contributed by atoms with Gasteiger partial charge in [-0.25, -0.2) is 0 Å². The largest absolute Gasteiger partial charge is 0.507 e. The maximum Gasteiger partial charge on any atom is 0.309 e. The average molecular weight is 408 g/mol. The van der Waals surface area contributed by atoms with Crippen LogP contribution in [0.5, 0.6) is 11.5 Å². The molecule has 7 heteroatoms. The van der Waals surface area contributed by atoms with Crippen LogP contribution in [0, 0.1) is 5.92 Å². The van der Waals surface area contributed by atoms with Gasteiger partial charge in [-0.1, -0.05) is 26.0 Å². The summed E-state index contributed by atoms with van der Waals surface area (Å²) in [6, 6.07) is 5.78. The molecule has 0 amide bonds. The number of hydrogen-bond acceptors (Lipinski definition) is 7. The molecule has 2 aromatic rings. The number of fused-ring (bicyclic) bond motifs is 6. The summed E-state index contributed by atoms with van der Waals surface area (Å²) in [5.74, 6) is -2.07. The van der Waals surface area contributed by atoms with Crippen molar-refractivity contribution in [3.05, 3.63) is 46.5 Å². The minimum atomic E-state index is -1.16. The molecule has 0 saturated carbocycles. The average Bonchev–Trinajstić information content (AvgIpc) is 3.33. The molecule has 0 aromatic heterocycles. The summed E-state index contributed by atoms with van der Waals surface area (Å²) in [4.78, 5) is 38.9. The molecule has 1 heterocycles. The molecular formula is C23H20O7. The van der Waals surface area contributed by atoms with Crippen molar-refractivity contribution >= 4 is 17.5 Å². The molecule has 5 rings (SSSR count). The van der Waals surface area contributed by atoms with Crippen LogP contribution in [-0.2, 0) is 14.3 Å². The van der Waals surface area contributed by atoms with Crippen LogP contribution in [0.3, 0.4) is 0 Å². The van der Waals surface area contributed by atoms with Crippen LogP contribution in [-0.4, -0.2) is 39.5 Å². The highest BCUT2D eigenvalue weighted by Crippen LogP contribution is 2.58. The van der Waals surface area contributed by atoms with E-state index in [1.807, 2.05) is 6.92 Å². The second-order valence-electron chi connectivity index (χ2n) is 8.28. The normalized spacial score (nSPS) is 26.4. The number of carbonyl (C=O) groups excluding carboxylic acids is 3. The van der Waals surface area contributed by atoms with E-state index in [0.717, 1.165) is 0 Å². The van der Waals surface area contributed by atoms with E-state index in [1.165, 1.54) is 18.2 Å². The Morgan fingerprint density at radius 1 is 1.17 bits per heavy atom. The van der Waals surface area contributed by atoms with Crippen molar-refractivity contribution < 1.29 is 34.1 Å². The number of ketones is 2. The van der Waals surface area contributed by atoms with Gasteiger partial charge in [0.1, 0.15) is 17.6 Å². The lowest BCUT2D eigenvalue weighted by atomic mass is 9.78. The minimum absolute atomic E-state index is 0.0781. The van der Waals surface area contributed by atoms with Crippen LogP contribution < -0.4 is 0 Å². The van der Waals surface area contributed by atoms with E-state index in [2.05, 4.69) is 0 Å². The monoisotopic (exact) mass is 408 g/mol. The molecule has 0 bridgehead atoms. The van der Waals surface area contributed by atoms with E-state index in [1.54, 1.807) is 19.9 Å². The molecule has 1 aliphatic heterocycles. The van der Waals surface area contributed by atoms with E-state index < -0.39 is 29.6 Å². The van der Waals surface area contributed by atoms with Crippen LogP contribution in [0.15, 0.2) is 24.3 Å². The topological polar surface area (TPSA) is 113 Å². The fraction of sp³-hybridized carbons (Fsp3) is 0.348. The van der Waals surface area contributed by atoms with Gasteiger partial charge in [-0.3, -0.25) is 14.4 Å². The van der Waals surface area contributed by atoms with Crippen molar-refractivity contribution in [2.24, 2.45) is 5.92 Å². The molecule has 0 unspecified atom stereocenters. The molecular weight excluding hydrogens is 388 g/mol. The quantitative estimate of drug-likeness (QED) is 0.505. The van der Waals surface area contributed by atoms with Gasteiger partial charge in [0.2, 0.25) is 0 Å². The van der Waals surface area contributed by atoms with Gasteiger partial charge in [-0.2, -0.15) is 0 Å². The van der Waals surface area contributed by atoms with Crippen LogP contribution in [0.2, 0.25) is 0 Å². The first-order valence-corrected chi connectivity index (χ1v) is 9.90. The molecule has 0 spiro atoms. The van der Waals surface area contributed by atoms with Gasteiger partial charge in [0.05, 0.1) is 5.92 Å². The minimum Gasteiger partial charge on any atom is -0.507 e. The molecule has 1 fully saturated rings. The fourth-order valence-electron chi connectivity index (χ4n) is 4.49. The number of phenolic OH excluding ortho intramolecular Hbond substituents is 2. The van der Waals surface area contributed by atoms with Crippen molar-refractivity contribution in [1.29, 1.82) is 0 Å².